The van der Waals surface area contributed by atoms with Gasteiger partial charge in [-0.05, 0) is 75.6 Å². The quantitative estimate of drug-likeness (QED) is 0.714. The van der Waals surface area contributed by atoms with Gasteiger partial charge in [-0.2, -0.15) is 0 Å². The highest BCUT2D eigenvalue weighted by Gasteiger charge is 2.28. The highest BCUT2D eigenvalue weighted by Crippen LogP contribution is 2.29. The lowest BCUT2D eigenvalue weighted by atomic mass is 9.83. The first-order valence-corrected chi connectivity index (χ1v) is 12.6. The van der Waals surface area contributed by atoms with E-state index in [1.54, 1.807) is 6.07 Å². The van der Waals surface area contributed by atoms with Crippen molar-refractivity contribution in [2.75, 3.05) is 50.8 Å². The van der Waals surface area contributed by atoms with Crippen LogP contribution in [-0.2, 0) is 9.53 Å². The van der Waals surface area contributed by atoms with Gasteiger partial charge in [-0.15, -0.1) is 0 Å². The number of anilines is 1. The van der Waals surface area contributed by atoms with Crippen molar-refractivity contribution in [2.45, 2.75) is 51.0 Å². The second kappa shape index (κ2) is 10.4. The number of piperazine rings is 1. The summed E-state index contributed by atoms with van der Waals surface area (Å²) in [7, 11) is 0. The molecule has 5 rings (SSSR count). The minimum absolute atomic E-state index is 0.143. The first-order valence-electron chi connectivity index (χ1n) is 12.6. The zero-order valence-electron chi connectivity index (χ0n) is 19.3. The van der Waals surface area contributed by atoms with Gasteiger partial charge in [0.1, 0.15) is 5.82 Å². The van der Waals surface area contributed by atoms with Crippen LogP contribution in [0.15, 0.2) is 22.7 Å². The molecule has 3 aliphatic rings. The van der Waals surface area contributed by atoms with Crippen LogP contribution in [0, 0.1) is 17.7 Å². The highest BCUT2D eigenvalue weighted by molar-refractivity contribution is 5.88. The molecule has 7 nitrogen and oxygen atoms in total. The molecule has 1 aliphatic carbocycles. The smallest absolute Gasteiger partial charge is 0.223 e. The number of aromatic nitrogens is 1. The molecule has 1 aromatic heterocycles. The summed E-state index contributed by atoms with van der Waals surface area (Å²) in [5.41, 5.74) is 0.633. The normalized spacial score (nSPS) is 25.4. The summed E-state index contributed by atoms with van der Waals surface area (Å²) in [5.74, 6) is 1.63. The van der Waals surface area contributed by atoms with E-state index in [1.807, 2.05) is 0 Å². The van der Waals surface area contributed by atoms with Gasteiger partial charge in [0.15, 0.2) is 11.4 Å². The number of fused-ring (bicyclic) bond motifs is 1. The van der Waals surface area contributed by atoms with Crippen molar-refractivity contribution in [3.05, 3.63) is 24.0 Å². The van der Waals surface area contributed by atoms with Gasteiger partial charge in [0.25, 0.3) is 0 Å². The lowest BCUT2D eigenvalue weighted by molar-refractivity contribution is -0.128. The van der Waals surface area contributed by atoms with Crippen molar-refractivity contribution in [2.24, 2.45) is 11.8 Å². The second-order valence-electron chi connectivity index (χ2n) is 9.88. The minimum atomic E-state index is -0.261. The fraction of sp³-hybridized carbons (Fsp3) is 0.680. The lowest BCUT2D eigenvalue weighted by Crippen LogP contribution is -2.47. The summed E-state index contributed by atoms with van der Waals surface area (Å²) in [6.07, 6.45) is 7.55. The number of carbonyl (C=O) groups is 1. The molecule has 33 heavy (non-hydrogen) atoms. The standard InChI is InChI=1S/C25H35FN4O3/c26-20-3-6-23-22(17-20)24(28-33-23)30-13-11-29(12-14-30)10-7-18-1-4-21(5-2-18)27-25(31)19-8-15-32-16-9-19/h3,6,17-19,21H,1-2,4-5,7-16H2,(H,27,31). The maximum atomic E-state index is 13.7. The molecule has 3 heterocycles. The molecule has 0 bridgehead atoms. The van der Waals surface area contributed by atoms with Crippen molar-refractivity contribution in [1.82, 2.24) is 15.4 Å². The third-order valence-corrected chi connectivity index (χ3v) is 7.72. The van der Waals surface area contributed by atoms with E-state index in [1.165, 1.54) is 31.4 Å². The highest BCUT2D eigenvalue weighted by atomic mass is 19.1. The van der Waals surface area contributed by atoms with Crippen LogP contribution in [0.25, 0.3) is 11.0 Å². The Hall–Kier alpha value is -2.19. The predicted octanol–water partition coefficient (Wildman–Crippen LogP) is 3.58. The van der Waals surface area contributed by atoms with Crippen LogP contribution < -0.4 is 10.2 Å². The molecule has 0 spiro atoms. The van der Waals surface area contributed by atoms with Gasteiger partial charge in [-0.3, -0.25) is 9.69 Å². The van der Waals surface area contributed by atoms with Gasteiger partial charge in [0.2, 0.25) is 5.91 Å². The molecule has 2 aromatic rings. The van der Waals surface area contributed by atoms with Crippen molar-refractivity contribution in [3.8, 4) is 0 Å². The summed E-state index contributed by atoms with van der Waals surface area (Å²) >= 11 is 0. The van der Waals surface area contributed by atoms with Gasteiger partial charge in [-0.1, -0.05) is 5.16 Å². The molecule has 1 amide bonds. The van der Waals surface area contributed by atoms with Crippen LogP contribution in [0.4, 0.5) is 10.2 Å². The Bertz CT molecular complexity index is 929. The zero-order valence-corrected chi connectivity index (χ0v) is 19.3. The number of carbonyl (C=O) groups excluding carboxylic acids is 1. The Kier molecular flexibility index (Phi) is 7.11. The van der Waals surface area contributed by atoms with Gasteiger partial charge in [0, 0.05) is 51.4 Å². The molecule has 1 N–H and O–H groups in total. The van der Waals surface area contributed by atoms with Crippen molar-refractivity contribution < 1.29 is 18.4 Å². The van der Waals surface area contributed by atoms with E-state index in [2.05, 4.69) is 20.3 Å². The van der Waals surface area contributed by atoms with Gasteiger partial charge >= 0.3 is 0 Å². The molecular weight excluding hydrogens is 423 g/mol. The molecule has 0 atom stereocenters. The van der Waals surface area contributed by atoms with E-state index in [-0.39, 0.29) is 17.6 Å². The number of ether oxygens (including phenoxy) is 1. The number of benzene rings is 1. The molecular formula is C25H35FN4O3. The topological polar surface area (TPSA) is 70.8 Å². The second-order valence-corrected chi connectivity index (χ2v) is 9.88. The number of amides is 1. The number of nitrogens with one attached hydrogen (secondary N) is 1. The Balaban J connectivity index is 1.02. The van der Waals surface area contributed by atoms with E-state index in [0.29, 0.717) is 24.8 Å². The molecule has 1 saturated carbocycles. The van der Waals surface area contributed by atoms with Crippen LogP contribution in [0.2, 0.25) is 0 Å². The third-order valence-electron chi connectivity index (χ3n) is 7.72. The number of halogens is 1. The fourth-order valence-electron chi connectivity index (χ4n) is 5.55. The summed E-state index contributed by atoms with van der Waals surface area (Å²) in [4.78, 5) is 17.2. The summed E-state index contributed by atoms with van der Waals surface area (Å²) in [6, 6.07) is 4.91. The largest absolute Gasteiger partial charge is 0.381 e. The number of hydrogen-bond donors (Lipinski definition) is 1. The molecule has 2 aliphatic heterocycles. The van der Waals surface area contributed by atoms with Crippen LogP contribution in [-0.4, -0.2) is 67.9 Å². The zero-order chi connectivity index (χ0) is 22.6. The average Bonchev–Trinajstić information content (AvgIpc) is 3.27. The van der Waals surface area contributed by atoms with E-state index >= 15 is 0 Å². The Morgan fingerprint density at radius 3 is 2.58 bits per heavy atom. The molecule has 0 unspecified atom stereocenters. The maximum Gasteiger partial charge on any atom is 0.223 e. The van der Waals surface area contributed by atoms with Gasteiger partial charge in [-0.25, -0.2) is 4.39 Å². The minimum Gasteiger partial charge on any atom is -0.381 e. The van der Waals surface area contributed by atoms with Gasteiger partial charge < -0.3 is 19.5 Å². The van der Waals surface area contributed by atoms with E-state index in [4.69, 9.17) is 9.26 Å². The summed E-state index contributed by atoms with van der Waals surface area (Å²) in [5, 5.41) is 8.25. The summed E-state index contributed by atoms with van der Waals surface area (Å²) in [6.45, 7) is 6.28. The Morgan fingerprint density at radius 1 is 1.06 bits per heavy atom. The molecule has 8 heteroatoms. The van der Waals surface area contributed by atoms with E-state index < -0.39 is 0 Å². The maximum absolute atomic E-state index is 13.7. The monoisotopic (exact) mass is 458 g/mol. The molecule has 2 saturated heterocycles. The van der Waals surface area contributed by atoms with E-state index in [0.717, 1.165) is 75.5 Å². The fourth-order valence-corrected chi connectivity index (χ4v) is 5.55. The number of rotatable bonds is 6. The lowest BCUT2D eigenvalue weighted by Gasteiger charge is -2.36. The molecule has 180 valence electrons. The number of hydrogen-bond acceptors (Lipinski definition) is 6. The van der Waals surface area contributed by atoms with E-state index in [9.17, 15) is 9.18 Å². The van der Waals surface area contributed by atoms with Crippen LogP contribution >= 0.6 is 0 Å². The SMILES string of the molecule is O=C(NC1CCC(CCN2CCN(c3noc4ccc(F)cc34)CC2)CC1)C1CCOCC1. The van der Waals surface area contributed by atoms with Crippen molar-refractivity contribution in [1.29, 1.82) is 0 Å². The Morgan fingerprint density at radius 2 is 1.82 bits per heavy atom. The molecule has 1 aromatic carbocycles. The van der Waals surface area contributed by atoms with Crippen LogP contribution in [0.3, 0.4) is 0 Å². The summed E-state index contributed by atoms with van der Waals surface area (Å²) < 4.78 is 24.4. The molecule has 3 fully saturated rings. The first-order chi connectivity index (χ1) is 16.2. The number of nitrogens with zero attached hydrogens (tertiary/aromatic N) is 3. The predicted molar refractivity (Wildman–Crippen MR) is 125 cm³/mol. The third kappa shape index (κ3) is 5.49. The van der Waals surface area contributed by atoms with Crippen molar-refractivity contribution >= 4 is 22.7 Å². The van der Waals surface area contributed by atoms with Crippen LogP contribution in [0.1, 0.15) is 44.9 Å². The Labute approximate surface area is 194 Å². The first kappa shape index (κ1) is 22.6. The van der Waals surface area contributed by atoms with Crippen LogP contribution in [0.5, 0.6) is 0 Å². The molecule has 0 radical (unpaired) electrons. The van der Waals surface area contributed by atoms with Gasteiger partial charge in [0.05, 0.1) is 5.39 Å². The van der Waals surface area contributed by atoms with Crippen molar-refractivity contribution in [3.63, 3.8) is 0 Å². The average molecular weight is 459 g/mol.